The first-order chi connectivity index (χ1) is 8.53. The van der Waals surface area contributed by atoms with Crippen molar-refractivity contribution in [3.05, 3.63) is 0 Å². The standard InChI is InChI=1S/C14H25NO4/c1-13(2,3)19-12(18)11-9(6-7-10(16)17)8-15-14(11,4)5/h9,11,15H,6-8H2,1-5H3,(H,16,17)/t9?,11-/m1/s1. The van der Waals surface area contributed by atoms with Gasteiger partial charge in [0, 0.05) is 12.0 Å². The smallest absolute Gasteiger partial charge is 0.311 e. The van der Waals surface area contributed by atoms with Gasteiger partial charge in [-0.25, -0.2) is 0 Å². The largest absolute Gasteiger partial charge is 0.481 e. The SMILES string of the molecule is CC(C)(C)OC(=O)[C@H]1C(CCC(=O)O)CNC1(C)C. The van der Waals surface area contributed by atoms with Gasteiger partial charge in [0.15, 0.2) is 0 Å². The van der Waals surface area contributed by atoms with Gasteiger partial charge in [-0.1, -0.05) is 0 Å². The molecular weight excluding hydrogens is 246 g/mol. The Labute approximate surface area is 114 Å². The molecule has 5 heteroatoms. The second-order valence-corrected chi connectivity index (χ2v) is 6.81. The van der Waals surface area contributed by atoms with Crippen molar-refractivity contribution in [3.8, 4) is 0 Å². The maximum atomic E-state index is 12.3. The number of carboxylic acids is 1. The lowest BCUT2D eigenvalue weighted by Crippen LogP contribution is -2.44. The van der Waals surface area contributed by atoms with E-state index in [0.717, 1.165) is 0 Å². The van der Waals surface area contributed by atoms with Gasteiger partial charge >= 0.3 is 11.9 Å². The van der Waals surface area contributed by atoms with Gasteiger partial charge in [0.2, 0.25) is 0 Å². The van der Waals surface area contributed by atoms with Crippen LogP contribution in [0.4, 0.5) is 0 Å². The van der Waals surface area contributed by atoms with E-state index in [2.05, 4.69) is 5.32 Å². The normalized spacial score (nSPS) is 26.2. The molecule has 1 aliphatic rings. The predicted octanol–water partition coefficient (Wildman–Crippen LogP) is 1.81. The highest BCUT2D eigenvalue weighted by atomic mass is 16.6. The molecule has 0 aromatic carbocycles. The zero-order valence-corrected chi connectivity index (χ0v) is 12.4. The highest BCUT2D eigenvalue weighted by molar-refractivity contribution is 5.75. The molecule has 19 heavy (non-hydrogen) atoms. The van der Waals surface area contributed by atoms with Crippen LogP contribution in [0.15, 0.2) is 0 Å². The third-order valence-electron chi connectivity index (χ3n) is 3.46. The molecule has 0 aromatic rings. The summed E-state index contributed by atoms with van der Waals surface area (Å²) in [7, 11) is 0. The lowest BCUT2D eigenvalue weighted by atomic mass is 9.80. The number of hydrogen-bond donors (Lipinski definition) is 2. The van der Waals surface area contributed by atoms with Crippen molar-refractivity contribution in [1.29, 1.82) is 0 Å². The van der Waals surface area contributed by atoms with Crippen molar-refractivity contribution in [1.82, 2.24) is 5.32 Å². The molecule has 1 fully saturated rings. The zero-order valence-electron chi connectivity index (χ0n) is 12.4. The quantitative estimate of drug-likeness (QED) is 0.763. The molecular formula is C14H25NO4. The van der Waals surface area contributed by atoms with Crippen LogP contribution < -0.4 is 5.32 Å². The lowest BCUT2D eigenvalue weighted by molar-refractivity contribution is -0.163. The Balaban J connectivity index is 2.78. The maximum Gasteiger partial charge on any atom is 0.311 e. The van der Waals surface area contributed by atoms with Gasteiger partial charge in [0.25, 0.3) is 0 Å². The molecule has 0 radical (unpaired) electrons. The second kappa shape index (κ2) is 5.49. The topological polar surface area (TPSA) is 75.6 Å². The summed E-state index contributed by atoms with van der Waals surface area (Å²) in [6.45, 7) is 10.1. The van der Waals surface area contributed by atoms with Gasteiger partial charge in [-0.2, -0.15) is 0 Å². The molecule has 1 heterocycles. The fourth-order valence-corrected chi connectivity index (χ4v) is 2.64. The van der Waals surface area contributed by atoms with E-state index in [1.807, 2.05) is 34.6 Å². The fraction of sp³-hybridized carbons (Fsp3) is 0.857. The Bertz CT molecular complexity index is 357. The lowest BCUT2D eigenvalue weighted by Gasteiger charge is -2.31. The van der Waals surface area contributed by atoms with Crippen molar-refractivity contribution in [3.63, 3.8) is 0 Å². The molecule has 0 aliphatic carbocycles. The van der Waals surface area contributed by atoms with Crippen molar-refractivity contribution in [2.75, 3.05) is 6.54 Å². The number of carbonyl (C=O) groups excluding carboxylic acids is 1. The van der Waals surface area contributed by atoms with Crippen LogP contribution in [0.5, 0.6) is 0 Å². The molecule has 1 rings (SSSR count). The van der Waals surface area contributed by atoms with E-state index in [1.54, 1.807) is 0 Å². The van der Waals surface area contributed by atoms with Crippen LogP contribution in [0.25, 0.3) is 0 Å². The maximum absolute atomic E-state index is 12.3. The van der Waals surface area contributed by atoms with Crippen LogP contribution in [-0.4, -0.2) is 34.7 Å². The van der Waals surface area contributed by atoms with Crippen LogP contribution >= 0.6 is 0 Å². The summed E-state index contributed by atoms with van der Waals surface area (Å²) in [5, 5.41) is 12.1. The molecule has 5 nitrogen and oxygen atoms in total. The Morgan fingerprint density at radius 3 is 2.42 bits per heavy atom. The number of esters is 1. The van der Waals surface area contributed by atoms with Gasteiger partial charge in [-0.15, -0.1) is 0 Å². The molecule has 1 aliphatic heterocycles. The fourth-order valence-electron chi connectivity index (χ4n) is 2.64. The summed E-state index contributed by atoms with van der Waals surface area (Å²) >= 11 is 0. The summed E-state index contributed by atoms with van der Waals surface area (Å²) in [6, 6.07) is 0. The second-order valence-electron chi connectivity index (χ2n) is 6.81. The summed E-state index contributed by atoms with van der Waals surface area (Å²) in [6.07, 6.45) is 0.581. The molecule has 0 amide bonds. The Kier molecular flexibility index (Phi) is 4.61. The Hall–Kier alpha value is -1.10. The van der Waals surface area contributed by atoms with Gasteiger partial charge in [-0.3, -0.25) is 9.59 Å². The molecule has 0 bridgehead atoms. The van der Waals surface area contributed by atoms with Crippen molar-refractivity contribution < 1.29 is 19.4 Å². The average Bonchev–Trinajstić information content (AvgIpc) is 2.47. The zero-order chi connectivity index (χ0) is 14.8. The van der Waals surface area contributed by atoms with E-state index < -0.39 is 11.6 Å². The highest BCUT2D eigenvalue weighted by Crippen LogP contribution is 2.35. The van der Waals surface area contributed by atoms with Crippen LogP contribution in [-0.2, 0) is 14.3 Å². The molecule has 2 N–H and O–H groups in total. The minimum Gasteiger partial charge on any atom is -0.481 e. The van der Waals surface area contributed by atoms with Crippen LogP contribution in [0.3, 0.4) is 0 Å². The minimum atomic E-state index is -0.826. The number of rotatable bonds is 4. The first-order valence-corrected chi connectivity index (χ1v) is 6.72. The molecule has 0 aromatic heterocycles. The van der Waals surface area contributed by atoms with Gasteiger partial charge < -0.3 is 15.2 Å². The van der Waals surface area contributed by atoms with E-state index in [-0.39, 0.29) is 29.8 Å². The molecule has 0 saturated carbocycles. The van der Waals surface area contributed by atoms with E-state index in [9.17, 15) is 9.59 Å². The molecule has 0 spiro atoms. The summed E-state index contributed by atoms with van der Waals surface area (Å²) in [5.74, 6) is -1.35. The number of nitrogens with one attached hydrogen (secondary N) is 1. The van der Waals surface area contributed by atoms with Crippen LogP contribution in [0, 0.1) is 11.8 Å². The Morgan fingerprint density at radius 2 is 1.95 bits per heavy atom. The number of ether oxygens (including phenoxy) is 1. The number of carboxylic acid groups (broad SMARTS) is 1. The van der Waals surface area contributed by atoms with Crippen LogP contribution in [0.1, 0.15) is 47.5 Å². The van der Waals surface area contributed by atoms with Crippen LogP contribution in [0.2, 0.25) is 0 Å². The van der Waals surface area contributed by atoms with Gasteiger partial charge in [-0.05, 0) is 53.5 Å². The number of hydrogen-bond acceptors (Lipinski definition) is 4. The number of carbonyl (C=O) groups is 2. The third kappa shape index (κ3) is 4.49. The molecule has 1 saturated heterocycles. The van der Waals surface area contributed by atoms with E-state index in [0.29, 0.717) is 13.0 Å². The summed E-state index contributed by atoms with van der Waals surface area (Å²) < 4.78 is 5.47. The molecule has 1 unspecified atom stereocenters. The van der Waals surface area contributed by atoms with Gasteiger partial charge in [0.05, 0.1) is 5.92 Å². The van der Waals surface area contributed by atoms with E-state index >= 15 is 0 Å². The van der Waals surface area contributed by atoms with Crippen molar-refractivity contribution in [2.24, 2.45) is 11.8 Å². The van der Waals surface area contributed by atoms with Crippen molar-refractivity contribution >= 4 is 11.9 Å². The number of aliphatic carboxylic acids is 1. The first-order valence-electron chi connectivity index (χ1n) is 6.72. The summed E-state index contributed by atoms with van der Waals surface area (Å²) in [5.41, 5.74) is -0.876. The van der Waals surface area contributed by atoms with Crippen molar-refractivity contribution in [2.45, 2.75) is 58.6 Å². The van der Waals surface area contributed by atoms with Gasteiger partial charge in [0.1, 0.15) is 5.60 Å². The monoisotopic (exact) mass is 271 g/mol. The molecule has 2 atom stereocenters. The predicted molar refractivity (Wildman–Crippen MR) is 71.8 cm³/mol. The highest BCUT2D eigenvalue weighted by Gasteiger charge is 2.47. The van der Waals surface area contributed by atoms with E-state index in [4.69, 9.17) is 9.84 Å². The molecule has 110 valence electrons. The van der Waals surface area contributed by atoms with E-state index in [1.165, 1.54) is 0 Å². The summed E-state index contributed by atoms with van der Waals surface area (Å²) in [4.78, 5) is 23.0. The minimum absolute atomic E-state index is 0.0148. The average molecular weight is 271 g/mol. The Morgan fingerprint density at radius 1 is 1.37 bits per heavy atom. The first kappa shape index (κ1) is 16.0. The third-order valence-corrected chi connectivity index (χ3v) is 3.46.